The fraction of sp³-hybridized carbons (Fsp3) is 0.231. The smallest absolute Gasteiger partial charge is 0.335 e. The number of hydrogen-bond acceptors (Lipinski definition) is 10. The van der Waals surface area contributed by atoms with Crippen LogP contribution in [-0.2, 0) is 19.9 Å². The van der Waals surface area contributed by atoms with E-state index in [1.165, 1.54) is 26.4 Å². The Bertz CT molecular complexity index is 1050. The molecule has 14 heteroatoms. The number of nitrogens with one attached hydrogen (secondary N) is 2. The molecule has 0 unspecified atom stereocenters. The zero-order valence-corrected chi connectivity index (χ0v) is 16.0. The molecule has 0 bridgehead atoms. The molecule has 27 heavy (non-hydrogen) atoms. The minimum atomic E-state index is -4.55. The second-order valence-corrected chi connectivity index (χ2v) is 8.50. The van der Waals surface area contributed by atoms with E-state index in [1.54, 1.807) is 4.72 Å². The van der Waals surface area contributed by atoms with Gasteiger partial charge in [0, 0.05) is 12.5 Å². The van der Waals surface area contributed by atoms with Crippen molar-refractivity contribution >= 4 is 31.8 Å². The number of pyridine rings is 1. The summed E-state index contributed by atoms with van der Waals surface area (Å²) in [6.45, 7) is 0. The number of methoxy groups -OCH3 is 2. The zero-order valence-electron chi connectivity index (χ0n) is 14.3. The minimum Gasteiger partial charge on any atom is -0.481 e. The van der Waals surface area contributed by atoms with Crippen LogP contribution in [-0.4, -0.2) is 58.3 Å². The average Bonchev–Trinajstić information content (AvgIpc) is 2.60. The lowest BCUT2D eigenvalue weighted by molar-refractivity contribution is 0.256. The van der Waals surface area contributed by atoms with Crippen molar-refractivity contribution in [1.82, 2.24) is 19.7 Å². The van der Waals surface area contributed by atoms with Crippen LogP contribution in [0.1, 0.15) is 0 Å². The number of amides is 2. The van der Waals surface area contributed by atoms with Gasteiger partial charge in [-0.3, -0.25) is 5.32 Å². The van der Waals surface area contributed by atoms with Gasteiger partial charge in [0.2, 0.25) is 17.7 Å². The molecule has 2 rings (SSSR count). The van der Waals surface area contributed by atoms with Crippen molar-refractivity contribution < 1.29 is 31.1 Å². The van der Waals surface area contributed by atoms with Crippen LogP contribution in [0.2, 0.25) is 0 Å². The molecular formula is C13H15N5O7S2. The first-order chi connectivity index (χ1) is 12.6. The monoisotopic (exact) mass is 417 g/mol. The SMILES string of the molecule is COc1cc(OC)nc(NC(=O)NS(=O)(=O)c2cccnc2S(C)(=O)=O)n1. The molecule has 0 saturated carbocycles. The van der Waals surface area contributed by atoms with Gasteiger partial charge in [-0.1, -0.05) is 0 Å². The quantitative estimate of drug-likeness (QED) is 0.642. The zero-order chi connectivity index (χ0) is 20.2. The van der Waals surface area contributed by atoms with Crippen LogP contribution in [0.25, 0.3) is 0 Å². The van der Waals surface area contributed by atoms with Gasteiger partial charge in [0.15, 0.2) is 14.9 Å². The van der Waals surface area contributed by atoms with Gasteiger partial charge in [0.25, 0.3) is 10.0 Å². The van der Waals surface area contributed by atoms with Crippen molar-refractivity contribution in [2.24, 2.45) is 0 Å². The number of ether oxygens (including phenoxy) is 2. The van der Waals surface area contributed by atoms with Crippen LogP contribution in [0.5, 0.6) is 11.8 Å². The molecule has 146 valence electrons. The number of sulfone groups is 1. The maximum Gasteiger partial charge on any atom is 0.335 e. The number of anilines is 1. The number of aromatic nitrogens is 3. The molecule has 0 aliphatic carbocycles. The van der Waals surface area contributed by atoms with E-state index in [1.807, 2.05) is 0 Å². The molecule has 2 aromatic rings. The Kier molecular flexibility index (Phi) is 5.80. The average molecular weight is 417 g/mol. The number of carbonyl (C=O) groups excluding carboxylic acids is 1. The molecule has 12 nitrogen and oxygen atoms in total. The first kappa shape index (κ1) is 20.3. The molecule has 0 spiro atoms. The second-order valence-electron chi connectivity index (χ2n) is 4.91. The molecule has 0 saturated heterocycles. The Labute approximate surface area is 154 Å². The highest BCUT2D eigenvalue weighted by molar-refractivity contribution is 7.93. The summed E-state index contributed by atoms with van der Waals surface area (Å²) in [5.74, 6) is -0.174. The van der Waals surface area contributed by atoms with E-state index in [4.69, 9.17) is 9.47 Å². The van der Waals surface area contributed by atoms with E-state index in [0.717, 1.165) is 18.5 Å². The van der Waals surface area contributed by atoms with Gasteiger partial charge in [-0.05, 0) is 12.1 Å². The Morgan fingerprint density at radius 2 is 1.67 bits per heavy atom. The summed E-state index contributed by atoms with van der Waals surface area (Å²) >= 11 is 0. The number of carbonyl (C=O) groups is 1. The van der Waals surface area contributed by atoms with Crippen molar-refractivity contribution in [3.8, 4) is 11.8 Å². The molecule has 0 aliphatic heterocycles. The topological polar surface area (TPSA) is 167 Å². The number of hydrogen-bond donors (Lipinski definition) is 2. The van der Waals surface area contributed by atoms with Gasteiger partial charge in [0.05, 0.1) is 20.3 Å². The van der Waals surface area contributed by atoms with Gasteiger partial charge in [-0.25, -0.2) is 31.3 Å². The van der Waals surface area contributed by atoms with Crippen LogP contribution in [0, 0.1) is 0 Å². The maximum absolute atomic E-state index is 12.4. The molecular weight excluding hydrogens is 402 g/mol. The Hall–Kier alpha value is -3.00. The van der Waals surface area contributed by atoms with Crippen LogP contribution in [0.15, 0.2) is 34.3 Å². The molecule has 0 aromatic carbocycles. The highest BCUT2D eigenvalue weighted by Crippen LogP contribution is 2.19. The van der Waals surface area contributed by atoms with Crippen LogP contribution in [0.4, 0.5) is 10.7 Å². The standard InChI is InChI=1S/C13H15N5O7S2/c1-24-9-7-10(25-2)16-12(15-9)17-13(19)18-27(22,23)8-5-4-6-14-11(8)26(3,20)21/h4-7H,1-3H3,(H2,15,16,17,18,19). The number of sulfonamides is 1. The molecule has 0 radical (unpaired) electrons. The summed E-state index contributed by atoms with van der Waals surface area (Å²) in [5, 5.41) is 1.40. The van der Waals surface area contributed by atoms with E-state index >= 15 is 0 Å². The van der Waals surface area contributed by atoms with Crippen LogP contribution in [0.3, 0.4) is 0 Å². The lowest BCUT2D eigenvalue weighted by Crippen LogP contribution is -2.35. The Balaban J connectivity index is 2.29. The molecule has 0 atom stereocenters. The lowest BCUT2D eigenvalue weighted by atomic mass is 10.5. The van der Waals surface area contributed by atoms with E-state index < -0.39 is 35.8 Å². The fourth-order valence-corrected chi connectivity index (χ4v) is 4.25. The lowest BCUT2D eigenvalue weighted by Gasteiger charge is -2.11. The molecule has 2 amide bonds. The summed E-state index contributed by atoms with van der Waals surface area (Å²) in [6, 6.07) is 2.34. The number of nitrogens with zero attached hydrogens (tertiary/aromatic N) is 3. The van der Waals surface area contributed by atoms with E-state index in [-0.39, 0.29) is 17.7 Å². The molecule has 0 aliphatic rings. The van der Waals surface area contributed by atoms with Gasteiger partial charge < -0.3 is 9.47 Å². The van der Waals surface area contributed by atoms with Crippen molar-refractivity contribution in [2.75, 3.05) is 25.8 Å². The van der Waals surface area contributed by atoms with Gasteiger partial charge in [-0.2, -0.15) is 9.97 Å². The van der Waals surface area contributed by atoms with Crippen molar-refractivity contribution in [3.63, 3.8) is 0 Å². The van der Waals surface area contributed by atoms with Gasteiger partial charge >= 0.3 is 6.03 Å². The molecule has 2 aromatic heterocycles. The third-order valence-electron chi connectivity index (χ3n) is 2.93. The Morgan fingerprint density at radius 1 is 1.07 bits per heavy atom. The van der Waals surface area contributed by atoms with Crippen molar-refractivity contribution in [2.45, 2.75) is 9.92 Å². The Morgan fingerprint density at radius 3 is 2.19 bits per heavy atom. The maximum atomic E-state index is 12.4. The number of urea groups is 1. The van der Waals surface area contributed by atoms with Crippen molar-refractivity contribution in [3.05, 3.63) is 24.4 Å². The predicted octanol–water partition coefficient (Wildman–Crippen LogP) is -0.197. The largest absolute Gasteiger partial charge is 0.481 e. The first-order valence-corrected chi connectivity index (χ1v) is 10.4. The summed E-state index contributed by atoms with van der Waals surface area (Å²) in [7, 11) is -5.85. The molecule has 2 heterocycles. The molecule has 2 N–H and O–H groups in total. The minimum absolute atomic E-state index is 0.0617. The summed E-state index contributed by atoms with van der Waals surface area (Å²) in [5.41, 5.74) is 0. The third kappa shape index (κ3) is 5.01. The van der Waals surface area contributed by atoms with Crippen LogP contribution >= 0.6 is 0 Å². The summed E-state index contributed by atoms with van der Waals surface area (Å²) in [4.78, 5) is 22.5. The number of rotatable bonds is 6. The molecule has 0 fully saturated rings. The second kappa shape index (κ2) is 7.71. The van der Waals surface area contributed by atoms with E-state index in [2.05, 4.69) is 20.3 Å². The summed E-state index contributed by atoms with van der Waals surface area (Å²) in [6.07, 6.45) is 1.91. The first-order valence-electron chi connectivity index (χ1n) is 7.03. The fourth-order valence-electron chi connectivity index (χ4n) is 1.83. The van der Waals surface area contributed by atoms with Gasteiger partial charge in [0.1, 0.15) is 4.90 Å². The summed E-state index contributed by atoms with van der Waals surface area (Å²) < 4.78 is 59.7. The van der Waals surface area contributed by atoms with E-state index in [9.17, 15) is 21.6 Å². The highest BCUT2D eigenvalue weighted by Gasteiger charge is 2.27. The van der Waals surface area contributed by atoms with E-state index in [0.29, 0.717) is 0 Å². The van der Waals surface area contributed by atoms with Gasteiger partial charge in [-0.15, -0.1) is 0 Å². The predicted molar refractivity (Wildman–Crippen MR) is 91.8 cm³/mol. The van der Waals surface area contributed by atoms with Crippen LogP contribution < -0.4 is 19.5 Å². The van der Waals surface area contributed by atoms with Crippen molar-refractivity contribution in [1.29, 1.82) is 0 Å². The highest BCUT2D eigenvalue weighted by atomic mass is 32.2. The normalized spacial score (nSPS) is 11.5. The third-order valence-corrected chi connectivity index (χ3v) is 5.45.